The van der Waals surface area contributed by atoms with Crippen molar-refractivity contribution in [1.82, 2.24) is 20.3 Å². The molecule has 17 heavy (non-hydrogen) atoms. The molecule has 0 aliphatic carbocycles. The van der Waals surface area contributed by atoms with Gasteiger partial charge in [-0.3, -0.25) is 4.68 Å². The lowest BCUT2D eigenvalue weighted by Gasteiger charge is -2.13. The molecule has 0 aliphatic rings. The van der Waals surface area contributed by atoms with E-state index in [2.05, 4.69) is 40.9 Å². The van der Waals surface area contributed by atoms with E-state index in [1.807, 2.05) is 22.2 Å². The Morgan fingerprint density at radius 3 is 3.06 bits per heavy atom. The lowest BCUT2D eigenvalue weighted by Crippen LogP contribution is -2.20. The minimum atomic E-state index is 0.436. The molecular formula is C12H18N4S. The van der Waals surface area contributed by atoms with Gasteiger partial charge in [0.2, 0.25) is 0 Å². The van der Waals surface area contributed by atoms with Crippen molar-refractivity contribution in [1.29, 1.82) is 0 Å². The van der Waals surface area contributed by atoms with Gasteiger partial charge in [0.05, 0.1) is 6.20 Å². The zero-order valence-electron chi connectivity index (χ0n) is 10.3. The number of nitrogens with one attached hydrogen (secondary N) is 1. The van der Waals surface area contributed by atoms with Crippen LogP contribution in [0.25, 0.3) is 0 Å². The first-order valence-electron chi connectivity index (χ1n) is 5.89. The van der Waals surface area contributed by atoms with Crippen LogP contribution < -0.4 is 5.32 Å². The van der Waals surface area contributed by atoms with Gasteiger partial charge in [0.25, 0.3) is 0 Å². The highest BCUT2D eigenvalue weighted by Crippen LogP contribution is 2.23. The summed E-state index contributed by atoms with van der Waals surface area (Å²) in [5, 5.41) is 13.4. The van der Waals surface area contributed by atoms with E-state index in [1.165, 1.54) is 10.4 Å². The Kier molecular flexibility index (Phi) is 4.28. The van der Waals surface area contributed by atoms with Crippen molar-refractivity contribution < 1.29 is 0 Å². The molecule has 2 rings (SSSR count). The first-order chi connectivity index (χ1) is 8.27. The van der Waals surface area contributed by atoms with Crippen LogP contribution in [-0.4, -0.2) is 21.5 Å². The summed E-state index contributed by atoms with van der Waals surface area (Å²) in [6.45, 7) is 6.30. The van der Waals surface area contributed by atoms with Gasteiger partial charge < -0.3 is 5.32 Å². The molecule has 1 atom stereocenters. The molecule has 1 unspecified atom stereocenters. The second-order valence-electron chi connectivity index (χ2n) is 4.16. The molecule has 0 amide bonds. The van der Waals surface area contributed by atoms with E-state index < -0.39 is 0 Å². The van der Waals surface area contributed by atoms with Crippen molar-refractivity contribution in [3.63, 3.8) is 0 Å². The third kappa shape index (κ3) is 3.38. The SMILES string of the molecule is Cc1ccsc1C(C)NCCCn1ccnn1. The second-order valence-corrected chi connectivity index (χ2v) is 5.11. The molecule has 0 saturated heterocycles. The Balaban J connectivity index is 1.70. The molecule has 0 aliphatic heterocycles. The summed E-state index contributed by atoms with van der Waals surface area (Å²) >= 11 is 1.82. The number of hydrogen-bond donors (Lipinski definition) is 1. The Morgan fingerprint density at radius 1 is 1.53 bits per heavy atom. The molecule has 0 saturated carbocycles. The van der Waals surface area contributed by atoms with Crippen molar-refractivity contribution in [3.05, 3.63) is 34.3 Å². The van der Waals surface area contributed by atoms with E-state index in [-0.39, 0.29) is 0 Å². The van der Waals surface area contributed by atoms with Gasteiger partial charge in [-0.2, -0.15) is 0 Å². The van der Waals surface area contributed by atoms with E-state index in [0.29, 0.717) is 6.04 Å². The maximum absolute atomic E-state index is 3.94. The van der Waals surface area contributed by atoms with Crippen molar-refractivity contribution in [2.24, 2.45) is 0 Å². The van der Waals surface area contributed by atoms with Gasteiger partial charge in [0, 0.05) is 23.7 Å². The van der Waals surface area contributed by atoms with Crippen LogP contribution in [-0.2, 0) is 6.54 Å². The van der Waals surface area contributed by atoms with Gasteiger partial charge >= 0.3 is 0 Å². The number of hydrogen-bond acceptors (Lipinski definition) is 4. The van der Waals surface area contributed by atoms with Gasteiger partial charge in [-0.15, -0.1) is 16.4 Å². The van der Waals surface area contributed by atoms with Crippen LogP contribution in [0.4, 0.5) is 0 Å². The minimum absolute atomic E-state index is 0.436. The summed E-state index contributed by atoms with van der Waals surface area (Å²) in [6.07, 6.45) is 4.68. The highest BCUT2D eigenvalue weighted by molar-refractivity contribution is 7.10. The van der Waals surface area contributed by atoms with E-state index in [4.69, 9.17) is 0 Å². The molecule has 2 aromatic heterocycles. The Labute approximate surface area is 106 Å². The van der Waals surface area contributed by atoms with Gasteiger partial charge in [0.1, 0.15) is 0 Å². The molecule has 2 aromatic rings. The Morgan fingerprint density at radius 2 is 2.41 bits per heavy atom. The zero-order chi connectivity index (χ0) is 12.1. The summed E-state index contributed by atoms with van der Waals surface area (Å²) in [4.78, 5) is 1.44. The van der Waals surface area contributed by atoms with Gasteiger partial charge in [-0.05, 0) is 43.8 Å². The van der Waals surface area contributed by atoms with E-state index >= 15 is 0 Å². The van der Waals surface area contributed by atoms with Crippen LogP contribution >= 0.6 is 11.3 Å². The third-order valence-electron chi connectivity index (χ3n) is 2.78. The van der Waals surface area contributed by atoms with Crippen LogP contribution in [0.2, 0.25) is 0 Å². The molecule has 2 heterocycles. The van der Waals surface area contributed by atoms with Crippen molar-refractivity contribution in [3.8, 4) is 0 Å². The van der Waals surface area contributed by atoms with Crippen molar-refractivity contribution >= 4 is 11.3 Å². The Bertz CT molecular complexity index is 435. The molecule has 4 nitrogen and oxygen atoms in total. The van der Waals surface area contributed by atoms with E-state index in [1.54, 1.807) is 6.20 Å². The fourth-order valence-corrected chi connectivity index (χ4v) is 2.79. The van der Waals surface area contributed by atoms with Crippen molar-refractivity contribution in [2.45, 2.75) is 32.9 Å². The van der Waals surface area contributed by atoms with Gasteiger partial charge in [-0.25, -0.2) is 0 Å². The maximum atomic E-state index is 3.94. The normalized spacial score (nSPS) is 12.8. The molecule has 0 spiro atoms. The van der Waals surface area contributed by atoms with E-state index in [9.17, 15) is 0 Å². The number of thiophene rings is 1. The molecule has 1 N–H and O–H groups in total. The lowest BCUT2D eigenvalue weighted by molar-refractivity contribution is 0.501. The monoisotopic (exact) mass is 250 g/mol. The van der Waals surface area contributed by atoms with Crippen LogP contribution in [0, 0.1) is 6.92 Å². The fraction of sp³-hybridized carbons (Fsp3) is 0.500. The smallest absolute Gasteiger partial charge is 0.0692 e. The maximum Gasteiger partial charge on any atom is 0.0692 e. The third-order valence-corrected chi connectivity index (χ3v) is 3.98. The average Bonchev–Trinajstić information content (AvgIpc) is 2.95. The fourth-order valence-electron chi connectivity index (χ4n) is 1.83. The molecule has 0 radical (unpaired) electrons. The molecule has 0 bridgehead atoms. The van der Waals surface area contributed by atoms with Crippen LogP contribution in [0.3, 0.4) is 0 Å². The predicted molar refractivity (Wildman–Crippen MR) is 70.1 cm³/mol. The summed E-state index contributed by atoms with van der Waals surface area (Å²) in [7, 11) is 0. The predicted octanol–water partition coefficient (Wildman–Crippen LogP) is 2.39. The van der Waals surface area contributed by atoms with Crippen LogP contribution in [0.15, 0.2) is 23.8 Å². The summed E-state index contributed by atoms with van der Waals surface area (Å²) < 4.78 is 1.86. The first-order valence-corrected chi connectivity index (χ1v) is 6.77. The highest BCUT2D eigenvalue weighted by Gasteiger charge is 2.08. The minimum Gasteiger partial charge on any atom is -0.309 e. The second kappa shape index (κ2) is 5.93. The highest BCUT2D eigenvalue weighted by atomic mass is 32.1. The first kappa shape index (κ1) is 12.3. The molecule has 92 valence electrons. The Hall–Kier alpha value is -1.20. The topological polar surface area (TPSA) is 42.7 Å². The van der Waals surface area contributed by atoms with Crippen molar-refractivity contribution in [2.75, 3.05) is 6.54 Å². The zero-order valence-corrected chi connectivity index (χ0v) is 11.1. The average molecular weight is 250 g/mol. The van der Waals surface area contributed by atoms with Crippen LogP contribution in [0.1, 0.15) is 29.8 Å². The molecular weight excluding hydrogens is 232 g/mol. The molecule has 0 aromatic carbocycles. The number of rotatable bonds is 6. The summed E-state index contributed by atoms with van der Waals surface area (Å²) in [6, 6.07) is 2.61. The van der Waals surface area contributed by atoms with E-state index in [0.717, 1.165) is 19.5 Å². The summed E-state index contributed by atoms with van der Waals surface area (Å²) in [5.74, 6) is 0. The van der Waals surface area contributed by atoms with Crippen LogP contribution in [0.5, 0.6) is 0 Å². The molecule has 0 fully saturated rings. The van der Waals surface area contributed by atoms with Gasteiger partial charge in [-0.1, -0.05) is 5.21 Å². The quantitative estimate of drug-likeness (QED) is 0.800. The number of aryl methyl sites for hydroxylation is 2. The lowest BCUT2D eigenvalue weighted by atomic mass is 10.2. The largest absolute Gasteiger partial charge is 0.309 e. The summed E-state index contributed by atoms with van der Waals surface area (Å²) in [5.41, 5.74) is 1.38. The molecule has 5 heteroatoms. The van der Waals surface area contributed by atoms with Gasteiger partial charge in [0.15, 0.2) is 0 Å². The standard InChI is InChI=1S/C12H18N4S/c1-10-4-9-17-12(10)11(2)13-5-3-7-16-8-6-14-15-16/h4,6,8-9,11,13H,3,5,7H2,1-2H3. The number of aromatic nitrogens is 3. The number of nitrogens with zero attached hydrogens (tertiary/aromatic N) is 3.